The lowest BCUT2D eigenvalue weighted by molar-refractivity contribution is 0.428. The van der Waals surface area contributed by atoms with Gasteiger partial charge in [0.05, 0.1) is 0 Å². The van der Waals surface area contributed by atoms with Gasteiger partial charge in [-0.1, -0.05) is 41.5 Å². The zero-order valence-corrected chi connectivity index (χ0v) is 8.73. The Kier molecular flexibility index (Phi) is 3.28. The van der Waals surface area contributed by atoms with Crippen molar-refractivity contribution < 1.29 is 0 Å². The van der Waals surface area contributed by atoms with Crippen molar-refractivity contribution in [2.45, 2.75) is 41.5 Å². The Balaban J connectivity index is 3.80. The van der Waals surface area contributed by atoms with E-state index in [1.54, 1.807) is 0 Å². The van der Waals surface area contributed by atoms with Crippen LogP contribution in [0.3, 0.4) is 0 Å². The van der Waals surface area contributed by atoms with Crippen LogP contribution >= 0.6 is 0 Å². The molecule has 0 atom stereocenters. The van der Waals surface area contributed by atoms with E-state index in [0.29, 0.717) is 5.41 Å². The Morgan fingerprint density at radius 3 is 1.73 bits per heavy atom. The molecule has 0 unspecified atom stereocenters. The second-order valence-corrected chi connectivity index (χ2v) is 5.40. The van der Waals surface area contributed by atoms with Crippen LogP contribution in [0.1, 0.15) is 41.5 Å². The van der Waals surface area contributed by atoms with Crippen molar-refractivity contribution in [2.24, 2.45) is 15.8 Å². The molecular formula is C10H21N. The lowest BCUT2D eigenvalue weighted by Gasteiger charge is -2.16. The molecule has 66 valence electrons. The fourth-order valence-electron chi connectivity index (χ4n) is 0.593. The molecule has 0 aliphatic rings. The van der Waals surface area contributed by atoms with Crippen molar-refractivity contribution in [3.63, 3.8) is 0 Å². The second kappa shape index (κ2) is 3.38. The Labute approximate surface area is 70.9 Å². The van der Waals surface area contributed by atoms with Crippen LogP contribution < -0.4 is 0 Å². The molecule has 11 heavy (non-hydrogen) atoms. The van der Waals surface area contributed by atoms with E-state index in [4.69, 9.17) is 0 Å². The summed E-state index contributed by atoms with van der Waals surface area (Å²) in [5.41, 5.74) is 0.549. The van der Waals surface area contributed by atoms with Crippen molar-refractivity contribution in [1.82, 2.24) is 0 Å². The average molecular weight is 155 g/mol. The molecule has 0 spiro atoms. The van der Waals surface area contributed by atoms with Crippen LogP contribution in [0.25, 0.3) is 0 Å². The molecule has 0 aliphatic heterocycles. The van der Waals surface area contributed by atoms with Crippen LogP contribution in [0.4, 0.5) is 0 Å². The van der Waals surface area contributed by atoms with Crippen LogP contribution in [0, 0.1) is 10.8 Å². The minimum absolute atomic E-state index is 0.227. The van der Waals surface area contributed by atoms with Gasteiger partial charge < -0.3 is 0 Å². The maximum atomic E-state index is 4.39. The van der Waals surface area contributed by atoms with Gasteiger partial charge in [0.1, 0.15) is 0 Å². The van der Waals surface area contributed by atoms with Gasteiger partial charge in [0.15, 0.2) is 0 Å². The van der Waals surface area contributed by atoms with Crippen LogP contribution in [-0.4, -0.2) is 12.8 Å². The molecule has 0 aromatic carbocycles. The smallest absolute Gasteiger partial charge is 0.0434 e. The highest BCUT2D eigenvalue weighted by atomic mass is 14.7. The topological polar surface area (TPSA) is 12.4 Å². The van der Waals surface area contributed by atoms with Crippen molar-refractivity contribution >= 4 is 6.21 Å². The first-order chi connectivity index (χ1) is 4.71. The summed E-state index contributed by atoms with van der Waals surface area (Å²) < 4.78 is 0. The highest BCUT2D eigenvalue weighted by Gasteiger charge is 2.09. The minimum atomic E-state index is 0.227. The number of nitrogens with zero attached hydrogens (tertiary/aromatic N) is 1. The Hall–Kier alpha value is -0.330. The standard InChI is InChI=1S/C10H21N/c1-9(2,3)7-11-8-10(4,5)6/h7H,8H2,1-6H3. The van der Waals surface area contributed by atoms with E-state index < -0.39 is 0 Å². The lowest BCUT2D eigenvalue weighted by Crippen LogP contribution is -2.12. The van der Waals surface area contributed by atoms with Crippen LogP contribution in [-0.2, 0) is 0 Å². The number of aliphatic imine (C=N–C) groups is 1. The average Bonchev–Trinajstić information content (AvgIpc) is 1.55. The molecular weight excluding hydrogens is 134 g/mol. The summed E-state index contributed by atoms with van der Waals surface area (Å²) in [5.74, 6) is 0. The lowest BCUT2D eigenvalue weighted by atomic mass is 9.96. The second-order valence-electron chi connectivity index (χ2n) is 5.40. The van der Waals surface area contributed by atoms with Gasteiger partial charge in [0.2, 0.25) is 0 Å². The van der Waals surface area contributed by atoms with Gasteiger partial charge in [-0.2, -0.15) is 0 Å². The summed E-state index contributed by atoms with van der Waals surface area (Å²) in [6.45, 7) is 14.0. The Bertz CT molecular complexity index is 132. The highest BCUT2D eigenvalue weighted by Crippen LogP contribution is 2.14. The van der Waals surface area contributed by atoms with Crippen LogP contribution in [0.2, 0.25) is 0 Å². The summed E-state index contributed by atoms with van der Waals surface area (Å²) in [6.07, 6.45) is 2.04. The van der Waals surface area contributed by atoms with E-state index in [0.717, 1.165) is 6.54 Å². The van der Waals surface area contributed by atoms with Crippen LogP contribution in [0.5, 0.6) is 0 Å². The summed E-state index contributed by atoms with van der Waals surface area (Å²) in [5, 5.41) is 0. The molecule has 1 heteroatoms. The van der Waals surface area contributed by atoms with Crippen molar-refractivity contribution in [3.05, 3.63) is 0 Å². The van der Waals surface area contributed by atoms with Crippen LogP contribution in [0.15, 0.2) is 4.99 Å². The third-order valence-corrected chi connectivity index (χ3v) is 1.04. The van der Waals surface area contributed by atoms with Crippen molar-refractivity contribution in [1.29, 1.82) is 0 Å². The third-order valence-electron chi connectivity index (χ3n) is 1.04. The summed E-state index contributed by atoms with van der Waals surface area (Å²) in [6, 6.07) is 0. The fraction of sp³-hybridized carbons (Fsp3) is 0.900. The molecule has 0 rings (SSSR count). The predicted octanol–water partition coefficient (Wildman–Crippen LogP) is 3.15. The van der Waals surface area contributed by atoms with E-state index in [1.807, 2.05) is 6.21 Å². The molecule has 0 N–H and O–H groups in total. The zero-order chi connectivity index (χ0) is 9.12. The number of rotatable bonds is 1. The fourth-order valence-corrected chi connectivity index (χ4v) is 0.593. The maximum absolute atomic E-state index is 4.39. The number of hydrogen-bond acceptors (Lipinski definition) is 1. The quantitative estimate of drug-likeness (QED) is 0.516. The normalized spacial score (nSPS) is 14.4. The maximum Gasteiger partial charge on any atom is 0.0434 e. The summed E-state index contributed by atoms with van der Waals surface area (Å²) in [7, 11) is 0. The Morgan fingerprint density at radius 1 is 1.00 bits per heavy atom. The molecule has 0 bridgehead atoms. The first-order valence-electron chi connectivity index (χ1n) is 4.22. The van der Waals surface area contributed by atoms with Crippen molar-refractivity contribution in [2.75, 3.05) is 6.54 Å². The van der Waals surface area contributed by atoms with E-state index in [9.17, 15) is 0 Å². The monoisotopic (exact) mass is 155 g/mol. The first-order valence-corrected chi connectivity index (χ1v) is 4.22. The summed E-state index contributed by atoms with van der Waals surface area (Å²) >= 11 is 0. The van der Waals surface area contributed by atoms with E-state index in [1.165, 1.54) is 0 Å². The predicted molar refractivity (Wildman–Crippen MR) is 52.3 cm³/mol. The van der Waals surface area contributed by atoms with E-state index in [2.05, 4.69) is 46.5 Å². The number of hydrogen-bond donors (Lipinski definition) is 0. The van der Waals surface area contributed by atoms with Gasteiger partial charge in [-0.25, -0.2) is 0 Å². The molecule has 0 aromatic rings. The van der Waals surface area contributed by atoms with E-state index >= 15 is 0 Å². The molecule has 0 aromatic heterocycles. The molecule has 0 saturated heterocycles. The van der Waals surface area contributed by atoms with Gasteiger partial charge in [-0.3, -0.25) is 4.99 Å². The third kappa shape index (κ3) is 9.67. The highest BCUT2D eigenvalue weighted by molar-refractivity contribution is 5.63. The van der Waals surface area contributed by atoms with Gasteiger partial charge in [-0.05, 0) is 10.8 Å². The van der Waals surface area contributed by atoms with Crippen molar-refractivity contribution in [3.8, 4) is 0 Å². The molecule has 1 nitrogen and oxygen atoms in total. The molecule has 0 aliphatic carbocycles. The molecule has 0 fully saturated rings. The SMILES string of the molecule is CC(C)(C)C=NCC(C)(C)C. The molecule has 0 saturated carbocycles. The van der Waals surface area contributed by atoms with Gasteiger partial charge in [0.25, 0.3) is 0 Å². The minimum Gasteiger partial charge on any atom is -0.296 e. The van der Waals surface area contributed by atoms with Gasteiger partial charge in [0, 0.05) is 12.8 Å². The summed E-state index contributed by atoms with van der Waals surface area (Å²) in [4.78, 5) is 4.39. The zero-order valence-electron chi connectivity index (χ0n) is 8.73. The molecule has 0 radical (unpaired) electrons. The van der Waals surface area contributed by atoms with Gasteiger partial charge in [-0.15, -0.1) is 0 Å². The Morgan fingerprint density at radius 2 is 1.45 bits per heavy atom. The first kappa shape index (κ1) is 10.7. The van der Waals surface area contributed by atoms with Gasteiger partial charge >= 0.3 is 0 Å². The van der Waals surface area contributed by atoms with E-state index in [-0.39, 0.29) is 5.41 Å². The largest absolute Gasteiger partial charge is 0.296 e. The molecule has 0 amide bonds. The molecule has 0 heterocycles.